The Morgan fingerprint density at radius 3 is 2.12 bits per heavy atom. The second kappa shape index (κ2) is 8.72. The second-order valence-electron chi connectivity index (χ2n) is 5.40. The van der Waals surface area contributed by atoms with E-state index >= 15 is 0 Å². The van der Waals surface area contributed by atoms with Crippen LogP contribution >= 0.6 is 0 Å². The number of methoxy groups -OCH3 is 1. The van der Waals surface area contributed by atoms with Crippen LogP contribution in [-0.2, 0) is 9.53 Å². The van der Waals surface area contributed by atoms with Gasteiger partial charge in [-0.2, -0.15) is 0 Å². The van der Waals surface area contributed by atoms with Crippen molar-refractivity contribution in [1.29, 1.82) is 5.41 Å². The first-order valence-corrected chi connectivity index (χ1v) is 7.84. The van der Waals surface area contributed by atoms with Gasteiger partial charge in [-0.25, -0.2) is 0 Å². The molecule has 3 N–H and O–H groups in total. The van der Waals surface area contributed by atoms with Crippen LogP contribution in [0.4, 0.5) is 0 Å². The summed E-state index contributed by atoms with van der Waals surface area (Å²) in [5.41, 5.74) is 8.30. The van der Waals surface area contributed by atoms with Crippen LogP contribution < -0.4 is 10.5 Å². The van der Waals surface area contributed by atoms with E-state index in [1.165, 1.54) is 7.11 Å². The summed E-state index contributed by atoms with van der Waals surface area (Å²) in [5.74, 6) is 0.685. The average molecular weight is 326 g/mol. The van der Waals surface area contributed by atoms with E-state index in [4.69, 9.17) is 15.9 Å². The standard InChI is InChI=1S/C19H22N2O3/c1-23-18(22)4-2-3-13-24-17-11-9-15(10-12-17)14-5-7-16(8-6-14)19(20)21/h5-12H,2-4,13H2,1H3,(H3,20,21). The minimum atomic E-state index is -0.185. The first-order chi connectivity index (χ1) is 11.6. The number of ether oxygens (including phenoxy) is 2. The molecule has 0 amide bonds. The number of hydrogen-bond acceptors (Lipinski definition) is 4. The van der Waals surface area contributed by atoms with Crippen molar-refractivity contribution in [1.82, 2.24) is 0 Å². The fraction of sp³-hybridized carbons (Fsp3) is 0.263. The van der Waals surface area contributed by atoms with Crippen LogP contribution in [0.1, 0.15) is 24.8 Å². The van der Waals surface area contributed by atoms with Crippen LogP contribution in [0.2, 0.25) is 0 Å². The van der Waals surface area contributed by atoms with E-state index in [0.29, 0.717) is 18.6 Å². The Morgan fingerprint density at radius 2 is 1.58 bits per heavy atom. The number of carbonyl (C=O) groups is 1. The maximum absolute atomic E-state index is 11.0. The van der Waals surface area contributed by atoms with Gasteiger partial charge in [0.1, 0.15) is 11.6 Å². The molecule has 0 atom stereocenters. The number of carbonyl (C=O) groups excluding carboxylic acids is 1. The molecule has 126 valence electrons. The molecule has 2 aromatic carbocycles. The lowest BCUT2D eigenvalue weighted by Crippen LogP contribution is -2.10. The van der Waals surface area contributed by atoms with Gasteiger partial charge in [-0.15, -0.1) is 0 Å². The Bertz CT molecular complexity index is 679. The summed E-state index contributed by atoms with van der Waals surface area (Å²) in [6, 6.07) is 15.4. The van der Waals surface area contributed by atoms with Crippen LogP contribution in [0.5, 0.6) is 5.75 Å². The van der Waals surface area contributed by atoms with Crippen molar-refractivity contribution < 1.29 is 14.3 Å². The summed E-state index contributed by atoms with van der Waals surface area (Å²) in [6.07, 6.45) is 1.99. The minimum absolute atomic E-state index is 0.0671. The molecule has 2 rings (SSSR count). The van der Waals surface area contributed by atoms with E-state index < -0.39 is 0 Å². The number of esters is 1. The van der Waals surface area contributed by atoms with Gasteiger partial charge in [0.15, 0.2) is 0 Å². The van der Waals surface area contributed by atoms with Crippen molar-refractivity contribution in [2.45, 2.75) is 19.3 Å². The number of rotatable bonds is 8. The van der Waals surface area contributed by atoms with Crippen LogP contribution in [-0.4, -0.2) is 25.5 Å². The number of benzene rings is 2. The second-order valence-corrected chi connectivity index (χ2v) is 5.40. The normalized spacial score (nSPS) is 10.2. The number of hydrogen-bond donors (Lipinski definition) is 2. The summed E-state index contributed by atoms with van der Waals surface area (Å²) in [4.78, 5) is 11.0. The Labute approximate surface area is 141 Å². The zero-order chi connectivity index (χ0) is 17.4. The molecule has 0 aliphatic heterocycles. The SMILES string of the molecule is COC(=O)CCCCOc1ccc(-c2ccc(C(=N)N)cc2)cc1. The predicted octanol–water partition coefficient (Wildman–Crippen LogP) is 3.36. The van der Waals surface area contributed by atoms with Gasteiger partial charge in [-0.3, -0.25) is 10.2 Å². The summed E-state index contributed by atoms with van der Waals surface area (Å²) < 4.78 is 10.3. The van der Waals surface area contributed by atoms with E-state index in [-0.39, 0.29) is 11.8 Å². The van der Waals surface area contributed by atoms with E-state index in [2.05, 4.69) is 4.74 Å². The molecule has 0 unspecified atom stereocenters. The highest BCUT2D eigenvalue weighted by Crippen LogP contribution is 2.23. The number of nitrogens with one attached hydrogen (secondary N) is 1. The lowest BCUT2D eigenvalue weighted by Gasteiger charge is -2.08. The van der Waals surface area contributed by atoms with Gasteiger partial charge in [0.05, 0.1) is 13.7 Å². The largest absolute Gasteiger partial charge is 0.494 e. The molecule has 2 aromatic rings. The smallest absolute Gasteiger partial charge is 0.305 e. The minimum Gasteiger partial charge on any atom is -0.494 e. The van der Waals surface area contributed by atoms with Crippen LogP contribution in [0.25, 0.3) is 11.1 Å². The highest BCUT2D eigenvalue weighted by atomic mass is 16.5. The van der Waals surface area contributed by atoms with Crippen LogP contribution in [0.3, 0.4) is 0 Å². The van der Waals surface area contributed by atoms with Gasteiger partial charge in [0.2, 0.25) is 0 Å². The molecule has 0 saturated heterocycles. The third-order valence-electron chi connectivity index (χ3n) is 3.66. The van der Waals surface area contributed by atoms with Crippen LogP contribution in [0, 0.1) is 5.41 Å². The molecule has 0 aromatic heterocycles. The topological polar surface area (TPSA) is 85.4 Å². The van der Waals surface area contributed by atoms with Crippen molar-refractivity contribution in [3.8, 4) is 16.9 Å². The summed E-state index contributed by atoms with van der Waals surface area (Å²) >= 11 is 0. The van der Waals surface area contributed by atoms with Gasteiger partial charge in [-0.1, -0.05) is 36.4 Å². The van der Waals surface area contributed by atoms with Crippen molar-refractivity contribution in [2.75, 3.05) is 13.7 Å². The highest BCUT2D eigenvalue weighted by molar-refractivity contribution is 5.95. The zero-order valence-corrected chi connectivity index (χ0v) is 13.7. The molecule has 0 saturated carbocycles. The number of unbranched alkanes of at least 4 members (excludes halogenated alkanes) is 1. The van der Waals surface area contributed by atoms with Gasteiger partial charge in [-0.05, 0) is 36.1 Å². The van der Waals surface area contributed by atoms with Crippen molar-refractivity contribution in [3.05, 3.63) is 54.1 Å². The molecule has 5 heteroatoms. The Kier molecular flexibility index (Phi) is 6.37. The molecule has 0 heterocycles. The molecule has 5 nitrogen and oxygen atoms in total. The third-order valence-corrected chi connectivity index (χ3v) is 3.66. The summed E-state index contributed by atoms with van der Waals surface area (Å²) in [7, 11) is 1.40. The first kappa shape index (κ1) is 17.5. The monoisotopic (exact) mass is 326 g/mol. The molecular weight excluding hydrogens is 304 g/mol. The predicted molar refractivity (Wildman–Crippen MR) is 94.3 cm³/mol. The molecule has 0 radical (unpaired) electrons. The molecule has 0 aliphatic carbocycles. The molecule has 0 fully saturated rings. The number of nitrogens with two attached hydrogens (primary N) is 1. The number of nitrogen functional groups attached to an aromatic ring is 1. The van der Waals surface area contributed by atoms with Crippen molar-refractivity contribution in [2.24, 2.45) is 5.73 Å². The zero-order valence-electron chi connectivity index (χ0n) is 13.7. The van der Waals surface area contributed by atoms with E-state index in [0.717, 1.165) is 29.7 Å². The lowest BCUT2D eigenvalue weighted by molar-refractivity contribution is -0.140. The Balaban J connectivity index is 1.84. The third kappa shape index (κ3) is 5.12. The van der Waals surface area contributed by atoms with E-state index in [1.807, 2.05) is 48.5 Å². The summed E-state index contributed by atoms with van der Waals surface area (Å²) in [6.45, 7) is 0.573. The first-order valence-electron chi connectivity index (χ1n) is 7.84. The lowest BCUT2D eigenvalue weighted by atomic mass is 10.0. The Morgan fingerprint density at radius 1 is 1.00 bits per heavy atom. The van der Waals surface area contributed by atoms with Crippen molar-refractivity contribution >= 4 is 11.8 Å². The number of amidine groups is 1. The molecule has 0 bridgehead atoms. The van der Waals surface area contributed by atoms with Gasteiger partial charge >= 0.3 is 5.97 Å². The maximum Gasteiger partial charge on any atom is 0.305 e. The van der Waals surface area contributed by atoms with Gasteiger partial charge in [0, 0.05) is 12.0 Å². The molecular formula is C19H22N2O3. The summed E-state index contributed by atoms with van der Waals surface area (Å²) in [5, 5.41) is 7.40. The fourth-order valence-electron chi connectivity index (χ4n) is 2.25. The highest BCUT2D eigenvalue weighted by Gasteiger charge is 2.02. The average Bonchev–Trinajstić information content (AvgIpc) is 2.62. The van der Waals surface area contributed by atoms with Crippen molar-refractivity contribution in [3.63, 3.8) is 0 Å². The van der Waals surface area contributed by atoms with E-state index in [9.17, 15) is 4.79 Å². The quantitative estimate of drug-likeness (QED) is 0.337. The molecule has 0 aliphatic rings. The maximum atomic E-state index is 11.0. The van der Waals surface area contributed by atoms with Gasteiger partial charge < -0.3 is 15.2 Å². The molecule has 24 heavy (non-hydrogen) atoms. The fourth-order valence-corrected chi connectivity index (χ4v) is 2.25. The Hall–Kier alpha value is -2.82. The van der Waals surface area contributed by atoms with Gasteiger partial charge in [0.25, 0.3) is 0 Å². The van der Waals surface area contributed by atoms with E-state index in [1.54, 1.807) is 0 Å². The van der Waals surface area contributed by atoms with Crippen LogP contribution in [0.15, 0.2) is 48.5 Å². The molecule has 0 spiro atoms.